The third kappa shape index (κ3) is 4.50. The Bertz CT molecular complexity index is 338. The van der Waals surface area contributed by atoms with E-state index in [1.807, 2.05) is 0 Å². The first-order valence-electron chi connectivity index (χ1n) is 5.58. The molecule has 0 aliphatic heterocycles. The molecule has 0 N–H and O–H groups in total. The van der Waals surface area contributed by atoms with Crippen LogP contribution in [0, 0.1) is 5.41 Å². The van der Waals surface area contributed by atoms with Crippen molar-refractivity contribution in [3.8, 4) is 0 Å². The summed E-state index contributed by atoms with van der Waals surface area (Å²) in [6, 6.07) is 0. The molecule has 0 saturated heterocycles. The largest absolute Gasteiger partial charge is 0.401 e. The summed E-state index contributed by atoms with van der Waals surface area (Å²) in [7, 11) is 0. The molecule has 0 aromatic rings. The highest BCUT2D eigenvalue weighted by Gasteiger charge is 2.57. The second kappa shape index (κ2) is 5.92. The maximum atomic E-state index is 12.9. The zero-order valence-corrected chi connectivity index (χ0v) is 10.4. The Morgan fingerprint density at radius 1 is 0.895 bits per heavy atom. The van der Waals surface area contributed by atoms with Crippen molar-refractivity contribution in [2.75, 3.05) is 0 Å². The molecule has 19 heavy (non-hydrogen) atoms. The summed E-state index contributed by atoms with van der Waals surface area (Å²) in [5.41, 5.74) is -2.74. The second-order valence-corrected chi connectivity index (χ2v) is 4.22. The van der Waals surface area contributed by atoms with Crippen LogP contribution in [0.1, 0.15) is 39.5 Å². The van der Waals surface area contributed by atoms with Crippen LogP contribution < -0.4 is 0 Å². The fourth-order valence-electron chi connectivity index (χ4n) is 1.84. The van der Waals surface area contributed by atoms with E-state index in [0.717, 1.165) is 13.8 Å². The van der Waals surface area contributed by atoms with Gasteiger partial charge in [-0.25, -0.2) is 0 Å². The van der Waals surface area contributed by atoms with E-state index in [9.17, 15) is 35.9 Å². The van der Waals surface area contributed by atoms with Crippen molar-refractivity contribution in [1.82, 2.24) is 0 Å². The standard InChI is InChI=1S/C11H14F6O2/c1-3-9(4-2,11(15,16)17)8(19)5-7(18)6-10(12,13)14/h3-6H2,1-2H3. The molecule has 0 aromatic heterocycles. The van der Waals surface area contributed by atoms with Crippen LogP contribution in [-0.4, -0.2) is 23.9 Å². The summed E-state index contributed by atoms with van der Waals surface area (Å²) in [5, 5.41) is 0. The van der Waals surface area contributed by atoms with Crippen LogP contribution >= 0.6 is 0 Å². The molecule has 0 amide bonds. The molecule has 0 aliphatic rings. The maximum absolute atomic E-state index is 12.9. The monoisotopic (exact) mass is 292 g/mol. The van der Waals surface area contributed by atoms with E-state index >= 15 is 0 Å². The van der Waals surface area contributed by atoms with Gasteiger partial charge in [-0.2, -0.15) is 26.3 Å². The first-order chi connectivity index (χ1) is 8.39. The molecule has 0 spiro atoms. The number of Topliss-reactive ketones (excluding diaryl/α,β-unsaturated/α-hetero) is 2. The molecular weight excluding hydrogens is 278 g/mol. The van der Waals surface area contributed by atoms with Crippen molar-refractivity contribution >= 4 is 11.6 Å². The van der Waals surface area contributed by atoms with E-state index in [-0.39, 0.29) is 0 Å². The molecule has 0 aromatic carbocycles. The van der Waals surface area contributed by atoms with E-state index in [1.165, 1.54) is 0 Å². The number of carbonyl (C=O) groups excluding carboxylic acids is 2. The van der Waals surface area contributed by atoms with E-state index < -0.39 is 55.0 Å². The Morgan fingerprint density at radius 2 is 1.32 bits per heavy atom. The fraction of sp³-hybridized carbons (Fsp3) is 0.818. The average Bonchev–Trinajstić information content (AvgIpc) is 2.14. The summed E-state index contributed by atoms with van der Waals surface area (Å²) >= 11 is 0. The number of hydrogen-bond acceptors (Lipinski definition) is 2. The van der Waals surface area contributed by atoms with Gasteiger partial charge in [-0.3, -0.25) is 9.59 Å². The SMILES string of the molecule is CCC(CC)(C(=O)CC(=O)CC(F)(F)F)C(F)(F)F. The first-order valence-corrected chi connectivity index (χ1v) is 5.58. The van der Waals surface area contributed by atoms with Gasteiger partial charge < -0.3 is 0 Å². The summed E-state index contributed by atoms with van der Waals surface area (Å²) in [5.74, 6) is -3.05. The maximum Gasteiger partial charge on any atom is 0.401 e. The zero-order valence-electron chi connectivity index (χ0n) is 10.4. The Kier molecular flexibility index (Phi) is 5.58. The minimum atomic E-state index is -4.88. The van der Waals surface area contributed by atoms with E-state index in [1.54, 1.807) is 0 Å². The third-order valence-electron chi connectivity index (χ3n) is 3.04. The van der Waals surface area contributed by atoms with Crippen LogP contribution in [0.5, 0.6) is 0 Å². The van der Waals surface area contributed by atoms with Crippen LogP contribution in [0.4, 0.5) is 26.3 Å². The molecule has 0 heterocycles. The Morgan fingerprint density at radius 3 is 1.58 bits per heavy atom. The van der Waals surface area contributed by atoms with Crippen molar-refractivity contribution in [2.24, 2.45) is 5.41 Å². The molecule has 0 radical (unpaired) electrons. The van der Waals surface area contributed by atoms with Crippen LogP contribution in [0.25, 0.3) is 0 Å². The lowest BCUT2D eigenvalue weighted by Crippen LogP contribution is -2.45. The minimum Gasteiger partial charge on any atom is -0.299 e. The quantitative estimate of drug-likeness (QED) is 0.550. The van der Waals surface area contributed by atoms with Crippen LogP contribution in [0.15, 0.2) is 0 Å². The van der Waals surface area contributed by atoms with E-state index in [4.69, 9.17) is 0 Å². The molecule has 0 unspecified atom stereocenters. The number of halogens is 6. The van der Waals surface area contributed by atoms with Crippen LogP contribution in [0.3, 0.4) is 0 Å². The van der Waals surface area contributed by atoms with Gasteiger partial charge in [0.15, 0.2) is 5.78 Å². The van der Waals surface area contributed by atoms with Gasteiger partial charge in [0.2, 0.25) is 0 Å². The molecule has 0 fully saturated rings. The number of rotatable bonds is 6. The minimum absolute atomic E-state index is 0.606. The number of alkyl halides is 6. The molecule has 8 heteroatoms. The highest BCUT2D eigenvalue weighted by Crippen LogP contribution is 2.45. The van der Waals surface area contributed by atoms with Gasteiger partial charge in [-0.15, -0.1) is 0 Å². The van der Waals surface area contributed by atoms with Gasteiger partial charge in [0.05, 0.1) is 6.42 Å². The van der Waals surface area contributed by atoms with Gasteiger partial charge in [-0.1, -0.05) is 13.8 Å². The lowest BCUT2D eigenvalue weighted by Gasteiger charge is -2.32. The third-order valence-corrected chi connectivity index (χ3v) is 3.04. The Labute approximate surface area is 106 Å². The van der Waals surface area contributed by atoms with Crippen molar-refractivity contribution < 1.29 is 35.9 Å². The summed E-state index contributed by atoms with van der Waals surface area (Å²) in [6.07, 6.45) is -14.2. The van der Waals surface area contributed by atoms with E-state index in [0.29, 0.717) is 0 Å². The topological polar surface area (TPSA) is 34.1 Å². The smallest absolute Gasteiger partial charge is 0.299 e. The van der Waals surface area contributed by atoms with Crippen LogP contribution in [0.2, 0.25) is 0 Å². The molecule has 0 atom stereocenters. The predicted molar refractivity (Wildman–Crippen MR) is 54.4 cm³/mol. The summed E-state index contributed by atoms with van der Waals surface area (Å²) < 4.78 is 74.3. The average molecular weight is 292 g/mol. The van der Waals surface area contributed by atoms with E-state index in [2.05, 4.69) is 0 Å². The van der Waals surface area contributed by atoms with Gasteiger partial charge in [-0.05, 0) is 12.8 Å². The van der Waals surface area contributed by atoms with Crippen molar-refractivity contribution in [3.63, 3.8) is 0 Å². The van der Waals surface area contributed by atoms with Gasteiger partial charge in [0.25, 0.3) is 0 Å². The summed E-state index contributed by atoms with van der Waals surface area (Å²) in [6.45, 7) is 2.23. The molecule has 0 bridgehead atoms. The molecule has 0 saturated carbocycles. The second-order valence-electron chi connectivity index (χ2n) is 4.22. The predicted octanol–water partition coefficient (Wildman–Crippen LogP) is 3.84. The number of hydrogen-bond donors (Lipinski definition) is 0. The lowest BCUT2D eigenvalue weighted by atomic mass is 9.75. The Balaban J connectivity index is 5.02. The van der Waals surface area contributed by atoms with Crippen molar-refractivity contribution in [2.45, 2.75) is 51.9 Å². The number of ketones is 2. The fourth-order valence-corrected chi connectivity index (χ4v) is 1.84. The van der Waals surface area contributed by atoms with Gasteiger partial charge in [0, 0.05) is 0 Å². The number of carbonyl (C=O) groups is 2. The lowest BCUT2D eigenvalue weighted by molar-refractivity contribution is -0.222. The summed E-state index contributed by atoms with van der Waals surface area (Å²) in [4.78, 5) is 22.5. The molecule has 0 aliphatic carbocycles. The molecule has 112 valence electrons. The normalized spacial score (nSPS) is 13.5. The molecule has 2 nitrogen and oxygen atoms in total. The Hall–Kier alpha value is -1.08. The highest BCUT2D eigenvalue weighted by molar-refractivity contribution is 6.02. The van der Waals surface area contributed by atoms with Crippen LogP contribution in [-0.2, 0) is 9.59 Å². The zero-order chi connectivity index (χ0) is 15.5. The van der Waals surface area contributed by atoms with Gasteiger partial charge in [0.1, 0.15) is 17.6 Å². The van der Waals surface area contributed by atoms with Gasteiger partial charge >= 0.3 is 12.4 Å². The molecule has 0 rings (SSSR count). The molecular formula is C11H14F6O2. The van der Waals surface area contributed by atoms with Crippen molar-refractivity contribution in [3.05, 3.63) is 0 Å². The first kappa shape index (κ1) is 17.9. The highest BCUT2D eigenvalue weighted by atomic mass is 19.4. The van der Waals surface area contributed by atoms with Crippen molar-refractivity contribution in [1.29, 1.82) is 0 Å².